The van der Waals surface area contributed by atoms with E-state index in [1.165, 1.54) is 37.4 Å². The molecule has 2 aliphatic rings. The van der Waals surface area contributed by atoms with Crippen LogP contribution in [0.3, 0.4) is 0 Å². The van der Waals surface area contributed by atoms with Gasteiger partial charge in [-0.3, -0.25) is 9.36 Å². The Morgan fingerprint density at radius 3 is 2.63 bits per heavy atom. The van der Waals surface area contributed by atoms with Crippen LogP contribution in [-0.4, -0.2) is 48.8 Å². The van der Waals surface area contributed by atoms with Crippen molar-refractivity contribution in [1.29, 1.82) is 0 Å². The number of carbonyl (C=O) groups excluding carboxylic acids is 1. The molecule has 0 spiro atoms. The smallest absolute Gasteiger partial charge is 0.238 e. The molecule has 0 radical (unpaired) electrons. The fourth-order valence-corrected chi connectivity index (χ4v) is 4.31. The van der Waals surface area contributed by atoms with Crippen molar-refractivity contribution in [2.45, 2.75) is 68.9 Å². The first kappa shape index (κ1) is 18.3. The number of carbonyl (C=O) groups is 1. The Kier molecular flexibility index (Phi) is 5.12. The van der Waals surface area contributed by atoms with Crippen LogP contribution in [0.4, 0.5) is 11.8 Å². The third-order valence-corrected chi connectivity index (χ3v) is 6.07. The lowest BCUT2D eigenvalue weighted by Gasteiger charge is -2.19. The maximum absolute atomic E-state index is 12.7. The maximum Gasteiger partial charge on any atom is 0.238 e. The fourth-order valence-electron chi connectivity index (χ4n) is 3.40. The fraction of sp³-hybridized carbons (Fsp3) is 0.667. The predicted molar refractivity (Wildman–Crippen MR) is 106 cm³/mol. The number of nitrogens with zero attached hydrogens (tertiary/aromatic N) is 6. The number of rotatable bonds is 7. The van der Waals surface area contributed by atoms with Crippen LogP contribution >= 0.6 is 11.8 Å². The van der Waals surface area contributed by atoms with E-state index in [1.54, 1.807) is 6.20 Å². The number of thioether (sulfide) groups is 1. The number of hydrogen-bond donors (Lipinski definition) is 1. The number of hydrogen-bond acceptors (Lipinski definition) is 6. The highest BCUT2D eigenvalue weighted by atomic mass is 32.2. The van der Waals surface area contributed by atoms with E-state index in [0.717, 1.165) is 30.0 Å². The quantitative estimate of drug-likeness (QED) is 0.733. The third kappa shape index (κ3) is 3.83. The average Bonchev–Trinajstić information content (AvgIpc) is 3.06. The number of aromatic nitrogens is 5. The summed E-state index contributed by atoms with van der Waals surface area (Å²) in [7, 11) is 0. The summed E-state index contributed by atoms with van der Waals surface area (Å²) in [5, 5.41) is 16.7. The van der Waals surface area contributed by atoms with E-state index < -0.39 is 0 Å². The molecule has 9 heteroatoms. The third-order valence-electron chi connectivity index (χ3n) is 5.01. The van der Waals surface area contributed by atoms with Crippen molar-refractivity contribution in [2.24, 2.45) is 0 Å². The van der Waals surface area contributed by atoms with Crippen molar-refractivity contribution in [3.8, 4) is 0 Å². The van der Waals surface area contributed by atoms with Gasteiger partial charge in [0.25, 0.3) is 0 Å². The van der Waals surface area contributed by atoms with E-state index in [1.807, 2.05) is 31.5 Å². The van der Waals surface area contributed by atoms with Gasteiger partial charge in [0.2, 0.25) is 11.9 Å². The number of anilines is 2. The van der Waals surface area contributed by atoms with Crippen LogP contribution in [-0.2, 0) is 4.79 Å². The number of nitrogens with one attached hydrogen (secondary N) is 1. The first-order valence-electron chi connectivity index (χ1n) is 9.75. The summed E-state index contributed by atoms with van der Waals surface area (Å²) < 4.78 is 4.06. The molecule has 3 heterocycles. The predicted octanol–water partition coefficient (Wildman–Crippen LogP) is 3.11. The summed E-state index contributed by atoms with van der Waals surface area (Å²) >= 11 is 1.48. The molecule has 27 heavy (non-hydrogen) atoms. The second-order valence-electron chi connectivity index (χ2n) is 7.58. The minimum Gasteiger partial charge on any atom is -0.341 e. The van der Waals surface area contributed by atoms with Crippen molar-refractivity contribution in [3.05, 3.63) is 12.3 Å². The Bertz CT molecular complexity index is 804. The van der Waals surface area contributed by atoms with Crippen LogP contribution < -0.4 is 10.2 Å². The molecule has 2 fully saturated rings. The molecule has 1 saturated heterocycles. The number of amides is 1. The Labute approximate surface area is 163 Å². The van der Waals surface area contributed by atoms with E-state index in [4.69, 9.17) is 0 Å². The van der Waals surface area contributed by atoms with Gasteiger partial charge in [-0.05, 0) is 46.5 Å². The standard InChI is InChI=1S/C18H27N7OS/c1-12(2)25-15(8-9-19-25)20-16(26)13(3)27-18-22-21-17(23-10-4-5-11-23)24(18)14-6-7-14/h8-9,12-14H,4-7,10-11H2,1-3H3,(H,20,26). The van der Waals surface area contributed by atoms with Gasteiger partial charge in [-0.1, -0.05) is 11.8 Å². The topological polar surface area (TPSA) is 80.9 Å². The summed E-state index contributed by atoms with van der Waals surface area (Å²) in [6, 6.07) is 2.50. The molecular weight excluding hydrogens is 362 g/mol. The largest absolute Gasteiger partial charge is 0.341 e. The molecule has 0 aromatic carbocycles. The van der Waals surface area contributed by atoms with Crippen LogP contribution in [0.2, 0.25) is 0 Å². The Morgan fingerprint density at radius 1 is 1.22 bits per heavy atom. The molecule has 8 nitrogen and oxygen atoms in total. The Hall–Kier alpha value is -2.03. The molecule has 1 amide bonds. The lowest BCUT2D eigenvalue weighted by atomic mass is 10.4. The van der Waals surface area contributed by atoms with Crippen LogP contribution in [0, 0.1) is 0 Å². The molecule has 1 saturated carbocycles. The Balaban J connectivity index is 1.47. The van der Waals surface area contributed by atoms with Crippen LogP contribution in [0.25, 0.3) is 0 Å². The average molecular weight is 390 g/mol. The molecule has 1 aliphatic carbocycles. The van der Waals surface area contributed by atoms with Crippen molar-refractivity contribution in [3.63, 3.8) is 0 Å². The van der Waals surface area contributed by atoms with Crippen LogP contribution in [0.1, 0.15) is 58.5 Å². The van der Waals surface area contributed by atoms with Gasteiger partial charge in [-0.15, -0.1) is 10.2 Å². The molecule has 1 atom stereocenters. The molecule has 4 rings (SSSR count). The highest BCUT2D eigenvalue weighted by Gasteiger charge is 2.33. The molecule has 0 bridgehead atoms. The lowest BCUT2D eigenvalue weighted by Crippen LogP contribution is -2.25. The zero-order chi connectivity index (χ0) is 19.0. The normalized spacial score (nSPS) is 18.3. The summed E-state index contributed by atoms with van der Waals surface area (Å²) in [5.41, 5.74) is 0. The van der Waals surface area contributed by atoms with E-state index in [2.05, 4.69) is 30.1 Å². The zero-order valence-electron chi connectivity index (χ0n) is 16.1. The van der Waals surface area contributed by atoms with Gasteiger partial charge in [0.05, 0.1) is 11.4 Å². The van der Waals surface area contributed by atoms with E-state index in [-0.39, 0.29) is 17.2 Å². The minimum atomic E-state index is -0.270. The van der Waals surface area contributed by atoms with E-state index >= 15 is 0 Å². The summed E-state index contributed by atoms with van der Waals surface area (Å²) in [6.45, 7) is 8.09. The molecule has 1 N–H and O–H groups in total. The van der Waals surface area contributed by atoms with Gasteiger partial charge in [-0.2, -0.15) is 5.10 Å². The highest BCUT2D eigenvalue weighted by Crippen LogP contribution is 2.42. The van der Waals surface area contributed by atoms with E-state index in [0.29, 0.717) is 6.04 Å². The van der Waals surface area contributed by atoms with Crippen molar-refractivity contribution in [1.82, 2.24) is 24.5 Å². The second-order valence-corrected chi connectivity index (χ2v) is 8.89. The molecule has 2 aromatic heterocycles. The highest BCUT2D eigenvalue weighted by molar-refractivity contribution is 8.00. The first-order valence-corrected chi connectivity index (χ1v) is 10.6. The molecule has 2 aromatic rings. The second kappa shape index (κ2) is 7.53. The first-order chi connectivity index (χ1) is 13.0. The zero-order valence-corrected chi connectivity index (χ0v) is 16.9. The molecule has 146 valence electrons. The maximum atomic E-state index is 12.7. The van der Waals surface area contributed by atoms with Gasteiger partial charge >= 0.3 is 0 Å². The summed E-state index contributed by atoms with van der Waals surface area (Å²) in [6.07, 6.45) is 6.46. The van der Waals surface area contributed by atoms with E-state index in [9.17, 15) is 4.79 Å². The summed E-state index contributed by atoms with van der Waals surface area (Å²) in [4.78, 5) is 15.0. The Morgan fingerprint density at radius 2 is 1.96 bits per heavy atom. The van der Waals surface area contributed by atoms with Crippen molar-refractivity contribution < 1.29 is 4.79 Å². The van der Waals surface area contributed by atoms with Crippen LogP contribution in [0.5, 0.6) is 0 Å². The minimum absolute atomic E-state index is 0.0459. The molecule has 1 unspecified atom stereocenters. The van der Waals surface area contributed by atoms with Crippen molar-refractivity contribution in [2.75, 3.05) is 23.3 Å². The SMILES string of the molecule is CC(Sc1nnc(N2CCCC2)n1C1CC1)C(=O)Nc1ccnn1C(C)C. The van der Waals surface area contributed by atoms with Crippen molar-refractivity contribution >= 4 is 29.4 Å². The van der Waals surface area contributed by atoms with Gasteiger partial charge in [0.1, 0.15) is 5.82 Å². The lowest BCUT2D eigenvalue weighted by molar-refractivity contribution is -0.115. The molecular formula is C18H27N7OS. The van der Waals surface area contributed by atoms with Gasteiger partial charge < -0.3 is 10.2 Å². The monoisotopic (exact) mass is 389 g/mol. The van der Waals surface area contributed by atoms with Crippen LogP contribution in [0.15, 0.2) is 17.4 Å². The summed E-state index contributed by atoms with van der Waals surface area (Å²) in [5.74, 6) is 1.65. The molecule has 1 aliphatic heterocycles. The van der Waals surface area contributed by atoms with Gasteiger partial charge in [0.15, 0.2) is 5.16 Å². The van der Waals surface area contributed by atoms with Gasteiger partial charge in [0, 0.05) is 31.2 Å². The van der Waals surface area contributed by atoms with Gasteiger partial charge in [-0.25, -0.2) is 4.68 Å².